The second-order valence-electron chi connectivity index (χ2n) is 10.7. The largest absolute Gasteiger partial charge is 0.497 e. The number of hydrogen-bond donors (Lipinski definition) is 1. The number of benzene rings is 3. The van der Waals surface area contributed by atoms with Crippen LogP contribution in [0, 0.1) is 0 Å². The number of thiol groups is 1. The summed E-state index contributed by atoms with van der Waals surface area (Å²) in [6, 6.07) is 25.4. The van der Waals surface area contributed by atoms with Gasteiger partial charge in [0.1, 0.15) is 28.1 Å². The van der Waals surface area contributed by atoms with Crippen LogP contribution < -0.4 is 9.47 Å². The molecule has 8 heteroatoms. The van der Waals surface area contributed by atoms with Gasteiger partial charge in [0.2, 0.25) is 0 Å². The van der Waals surface area contributed by atoms with Crippen molar-refractivity contribution >= 4 is 18.6 Å². The van der Waals surface area contributed by atoms with Crippen LogP contribution in [0.1, 0.15) is 50.3 Å². The predicted octanol–water partition coefficient (Wildman–Crippen LogP) is 6.56. The molecule has 0 unspecified atom stereocenters. The summed E-state index contributed by atoms with van der Waals surface area (Å²) in [5, 5.41) is 0. The van der Waals surface area contributed by atoms with E-state index in [9.17, 15) is 4.79 Å². The maximum absolute atomic E-state index is 12.7. The first-order chi connectivity index (χ1) is 20.2. The molecule has 7 nitrogen and oxygen atoms in total. The quantitative estimate of drug-likeness (QED) is 0.177. The van der Waals surface area contributed by atoms with Gasteiger partial charge in [-0.2, -0.15) is 0 Å². The molecule has 0 radical (unpaired) electrons. The topological polar surface area (TPSA) is 72.5 Å². The summed E-state index contributed by atoms with van der Waals surface area (Å²) in [5.41, 5.74) is 1.70. The van der Waals surface area contributed by atoms with Crippen LogP contribution in [-0.4, -0.2) is 49.0 Å². The molecule has 0 spiro atoms. The third-order valence-electron chi connectivity index (χ3n) is 7.71. The third kappa shape index (κ3) is 7.29. The van der Waals surface area contributed by atoms with Crippen LogP contribution in [0.4, 0.5) is 0 Å². The molecule has 1 fully saturated rings. The second-order valence-corrected chi connectivity index (χ2v) is 11.4. The smallest absolute Gasteiger partial charge is 0.303 e. The molecule has 3 aromatic carbocycles. The average molecular weight is 595 g/mol. The fourth-order valence-corrected chi connectivity index (χ4v) is 6.27. The van der Waals surface area contributed by atoms with Crippen LogP contribution in [0.2, 0.25) is 0 Å². The van der Waals surface area contributed by atoms with Gasteiger partial charge in [-0.3, -0.25) is 4.79 Å². The van der Waals surface area contributed by atoms with E-state index in [0.29, 0.717) is 12.8 Å². The predicted molar refractivity (Wildman–Crippen MR) is 165 cm³/mol. The molecule has 0 saturated carbocycles. The third-order valence-corrected chi connectivity index (χ3v) is 8.42. The highest BCUT2D eigenvalue weighted by molar-refractivity contribution is 7.81. The molecule has 0 N–H and O–H groups in total. The second kappa shape index (κ2) is 14.4. The van der Waals surface area contributed by atoms with Crippen LogP contribution in [0.5, 0.6) is 11.5 Å². The van der Waals surface area contributed by atoms with E-state index in [4.69, 9.17) is 41.0 Å². The van der Waals surface area contributed by atoms with Gasteiger partial charge in [0, 0.05) is 13.3 Å². The minimum atomic E-state index is -1.20. The lowest BCUT2D eigenvalue weighted by molar-refractivity contribution is -0.310. The minimum Gasteiger partial charge on any atom is -0.497 e. The summed E-state index contributed by atoms with van der Waals surface area (Å²) in [6.45, 7) is 5.95. The SMILES string of the molecule is CCC[C@]1(S)O[C@@H](C)[C@@H](OCc2ccc(OC)cc2)[C@@H](OC(C)=O)[C@]1(Cc1ccccc1)OCc1ccc(OC)cc1. The van der Waals surface area contributed by atoms with Gasteiger partial charge in [-0.15, -0.1) is 12.6 Å². The summed E-state index contributed by atoms with van der Waals surface area (Å²) in [7, 11) is 3.27. The van der Waals surface area contributed by atoms with Crippen molar-refractivity contribution in [1.82, 2.24) is 0 Å². The van der Waals surface area contributed by atoms with Gasteiger partial charge in [-0.1, -0.05) is 67.9 Å². The van der Waals surface area contributed by atoms with E-state index in [1.807, 2.05) is 85.8 Å². The van der Waals surface area contributed by atoms with Crippen molar-refractivity contribution in [2.45, 2.75) is 82.1 Å². The van der Waals surface area contributed by atoms with Gasteiger partial charge in [-0.05, 0) is 54.3 Å². The Bertz CT molecular complexity index is 1270. The molecule has 0 aromatic heterocycles. The zero-order valence-corrected chi connectivity index (χ0v) is 26.0. The number of ether oxygens (including phenoxy) is 6. The van der Waals surface area contributed by atoms with Gasteiger partial charge in [0.05, 0.1) is 33.5 Å². The van der Waals surface area contributed by atoms with Crippen LogP contribution in [0.3, 0.4) is 0 Å². The van der Waals surface area contributed by atoms with Crippen LogP contribution in [-0.2, 0) is 43.4 Å². The fourth-order valence-electron chi connectivity index (χ4n) is 5.61. The highest BCUT2D eigenvalue weighted by Crippen LogP contribution is 2.50. The molecule has 1 aliphatic rings. The van der Waals surface area contributed by atoms with Gasteiger partial charge >= 0.3 is 5.97 Å². The summed E-state index contributed by atoms with van der Waals surface area (Å²) >= 11 is 5.23. The highest BCUT2D eigenvalue weighted by Gasteiger charge is 2.65. The van der Waals surface area contributed by atoms with Crippen molar-refractivity contribution in [1.29, 1.82) is 0 Å². The van der Waals surface area contributed by atoms with Gasteiger partial charge in [0.15, 0.2) is 6.10 Å². The van der Waals surface area contributed by atoms with E-state index in [-0.39, 0.29) is 13.2 Å². The maximum atomic E-state index is 12.7. The standard InChI is InChI=1S/C34H42O7S/c1-6-20-34(42)33(21-26-10-8-7-9-11-26,39-23-28-14-18-30(37-5)19-15-28)32(40-25(3)35)31(24(2)41-34)38-22-27-12-16-29(36-4)17-13-27/h7-19,24,31-32,42H,6,20-23H2,1-5H3/t24-,31+,32+,33-,34+/m0/s1. The Morgan fingerprint density at radius 2 is 1.43 bits per heavy atom. The lowest BCUT2D eigenvalue weighted by Crippen LogP contribution is -2.73. The highest BCUT2D eigenvalue weighted by atomic mass is 32.1. The normalized spacial score (nSPS) is 25.5. The fraction of sp³-hybridized carbons (Fsp3) is 0.441. The summed E-state index contributed by atoms with van der Waals surface area (Å²) in [4.78, 5) is 11.6. The van der Waals surface area contributed by atoms with E-state index in [1.165, 1.54) is 6.92 Å². The molecule has 226 valence electrons. The van der Waals surface area contributed by atoms with E-state index in [0.717, 1.165) is 34.6 Å². The van der Waals surface area contributed by atoms with Crippen molar-refractivity contribution in [2.24, 2.45) is 0 Å². The molecule has 1 aliphatic heterocycles. The molecular weight excluding hydrogens is 552 g/mol. The molecule has 1 heterocycles. The van der Waals surface area contributed by atoms with Crippen LogP contribution >= 0.6 is 12.6 Å². The Morgan fingerprint density at radius 3 is 1.95 bits per heavy atom. The van der Waals surface area contributed by atoms with E-state index in [1.54, 1.807) is 14.2 Å². The summed E-state index contributed by atoms with van der Waals surface area (Å²) in [5.74, 6) is 1.09. The number of methoxy groups -OCH3 is 2. The van der Waals surface area contributed by atoms with E-state index < -0.39 is 34.8 Å². The summed E-state index contributed by atoms with van der Waals surface area (Å²) in [6.07, 6.45) is -0.153. The Kier molecular flexibility index (Phi) is 11.0. The minimum absolute atomic E-state index is 0.240. The van der Waals surface area contributed by atoms with E-state index >= 15 is 0 Å². The van der Waals surface area contributed by atoms with Crippen LogP contribution in [0.15, 0.2) is 78.9 Å². The lowest BCUT2D eigenvalue weighted by atomic mass is 9.75. The Labute approximate surface area is 254 Å². The van der Waals surface area contributed by atoms with Crippen molar-refractivity contribution in [3.63, 3.8) is 0 Å². The number of rotatable bonds is 13. The first kappa shape index (κ1) is 31.9. The van der Waals surface area contributed by atoms with Gasteiger partial charge < -0.3 is 28.4 Å². The van der Waals surface area contributed by atoms with Gasteiger partial charge in [0.25, 0.3) is 0 Å². The molecular formula is C34H42O7S. The van der Waals surface area contributed by atoms with Crippen LogP contribution in [0.25, 0.3) is 0 Å². The zero-order chi connectivity index (χ0) is 30.2. The van der Waals surface area contributed by atoms with Crippen molar-refractivity contribution in [2.75, 3.05) is 14.2 Å². The molecule has 0 amide bonds. The molecule has 0 bridgehead atoms. The van der Waals surface area contributed by atoms with Crippen molar-refractivity contribution in [3.8, 4) is 11.5 Å². The molecule has 5 atom stereocenters. The first-order valence-corrected chi connectivity index (χ1v) is 14.8. The van der Waals surface area contributed by atoms with Crippen molar-refractivity contribution in [3.05, 3.63) is 95.6 Å². The lowest BCUT2D eigenvalue weighted by Gasteiger charge is -2.57. The van der Waals surface area contributed by atoms with Gasteiger partial charge in [-0.25, -0.2) is 0 Å². The molecule has 4 rings (SSSR count). The number of hydrogen-bond acceptors (Lipinski definition) is 8. The van der Waals surface area contributed by atoms with E-state index in [2.05, 4.69) is 6.92 Å². The Morgan fingerprint density at radius 1 is 0.857 bits per heavy atom. The molecule has 42 heavy (non-hydrogen) atoms. The molecule has 3 aromatic rings. The number of esters is 1. The molecule has 0 aliphatic carbocycles. The zero-order valence-electron chi connectivity index (χ0n) is 25.1. The maximum Gasteiger partial charge on any atom is 0.303 e. The first-order valence-electron chi connectivity index (χ1n) is 14.4. The monoisotopic (exact) mass is 594 g/mol. The number of carbonyl (C=O) groups excluding carboxylic acids is 1. The Balaban J connectivity index is 1.77. The molecule has 1 saturated heterocycles. The van der Waals surface area contributed by atoms with Crippen molar-refractivity contribution < 1.29 is 33.2 Å². The number of carbonyl (C=O) groups is 1. The summed E-state index contributed by atoms with van der Waals surface area (Å²) < 4.78 is 37.1. The average Bonchev–Trinajstić information content (AvgIpc) is 2.99. The Hall–Kier alpha value is -3.04.